The third-order valence-corrected chi connectivity index (χ3v) is 2.44. The van der Waals surface area contributed by atoms with Crippen LogP contribution in [0.15, 0.2) is 12.4 Å². The smallest absolute Gasteiger partial charge is 0.308 e. The molecule has 7 nitrogen and oxygen atoms in total. The molecule has 1 aromatic rings. The number of hydrogen-bond acceptors (Lipinski definition) is 5. The molecule has 1 amide bonds. The van der Waals surface area contributed by atoms with Gasteiger partial charge in [0.2, 0.25) is 5.91 Å². The zero-order valence-corrected chi connectivity index (χ0v) is 8.33. The van der Waals surface area contributed by atoms with Crippen LogP contribution in [0.25, 0.3) is 0 Å². The summed E-state index contributed by atoms with van der Waals surface area (Å²) in [6, 6.07) is 0. The number of hydrogen-bond donors (Lipinski definition) is 2. The first-order chi connectivity index (χ1) is 7.59. The molecular formula is C9H10N4O3. The summed E-state index contributed by atoms with van der Waals surface area (Å²) in [4.78, 5) is 31.3. The molecule has 1 unspecified atom stereocenters. The minimum Gasteiger partial charge on any atom is -0.481 e. The predicted octanol–water partition coefficient (Wildman–Crippen LogP) is -0.504. The molecule has 7 heteroatoms. The highest BCUT2D eigenvalue weighted by molar-refractivity contribution is 5.99. The Morgan fingerprint density at radius 1 is 1.50 bits per heavy atom. The molecule has 0 aliphatic carbocycles. The highest BCUT2D eigenvalue weighted by atomic mass is 16.4. The van der Waals surface area contributed by atoms with Crippen LogP contribution in [0.3, 0.4) is 0 Å². The van der Waals surface area contributed by atoms with Crippen LogP contribution in [-0.2, 0) is 9.59 Å². The van der Waals surface area contributed by atoms with E-state index in [-0.39, 0.29) is 30.5 Å². The van der Waals surface area contributed by atoms with Crippen LogP contribution in [0.2, 0.25) is 0 Å². The van der Waals surface area contributed by atoms with Gasteiger partial charge in [-0.1, -0.05) is 0 Å². The van der Waals surface area contributed by atoms with E-state index in [0.29, 0.717) is 0 Å². The fourth-order valence-corrected chi connectivity index (χ4v) is 1.63. The maximum atomic E-state index is 11.6. The van der Waals surface area contributed by atoms with Gasteiger partial charge in [0.1, 0.15) is 0 Å². The molecule has 0 aromatic carbocycles. The summed E-state index contributed by atoms with van der Waals surface area (Å²) in [5.41, 5.74) is 5.57. The van der Waals surface area contributed by atoms with E-state index in [0.717, 1.165) is 0 Å². The number of carboxylic acid groups (broad SMARTS) is 1. The van der Waals surface area contributed by atoms with Crippen LogP contribution in [-0.4, -0.2) is 33.5 Å². The van der Waals surface area contributed by atoms with Gasteiger partial charge in [0.25, 0.3) is 0 Å². The van der Waals surface area contributed by atoms with Crippen LogP contribution in [0.5, 0.6) is 0 Å². The lowest BCUT2D eigenvalue weighted by Gasteiger charge is -2.15. The number of carbonyl (C=O) groups is 2. The summed E-state index contributed by atoms with van der Waals surface area (Å²) < 4.78 is 0. The molecule has 0 saturated carbocycles. The molecule has 1 saturated heterocycles. The summed E-state index contributed by atoms with van der Waals surface area (Å²) in [6.45, 7) is 0.0943. The lowest BCUT2D eigenvalue weighted by Crippen LogP contribution is -2.27. The normalized spacial score (nSPS) is 20.1. The molecule has 1 aliphatic heterocycles. The van der Waals surface area contributed by atoms with Gasteiger partial charge in [-0.2, -0.15) is 0 Å². The van der Waals surface area contributed by atoms with Crippen molar-refractivity contribution in [2.45, 2.75) is 6.42 Å². The van der Waals surface area contributed by atoms with Crippen molar-refractivity contribution in [2.75, 3.05) is 17.2 Å². The minimum atomic E-state index is -0.988. The molecule has 84 valence electrons. The fourth-order valence-electron chi connectivity index (χ4n) is 1.63. The molecule has 1 atom stereocenters. The summed E-state index contributed by atoms with van der Waals surface area (Å²) in [5, 5.41) is 8.82. The molecule has 1 fully saturated rings. The van der Waals surface area contributed by atoms with Crippen molar-refractivity contribution < 1.29 is 14.7 Å². The van der Waals surface area contributed by atoms with E-state index in [1.807, 2.05) is 0 Å². The zero-order valence-electron chi connectivity index (χ0n) is 8.33. The number of nitrogens with two attached hydrogens (primary N) is 1. The SMILES string of the molecule is Nc1nccnc1N1CC(C(=O)O)CC1=O. The second-order valence-electron chi connectivity index (χ2n) is 3.51. The Balaban J connectivity index is 2.27. The van der Waals surface area contributed by atoms with Crippen LogP contribution in [0.4, 0.5) is 11.6 Å². The largest absolute Gasteiger partial charge is 0.481 e. The predicted molar refractivity (Wildman–Crippen MR) is 54.5 cm³/mol. The molecule has 1 aliphatic rings. The summed E-state index contributed by atoms with van der Waals surface area (Å²) >= 11 is 0. The van der Waals surface area contributed by atoms with Crippen molar-refractivity contribution >= 4 is 23.5 Å². The summed E-state index contributed by atoms with van der Waals surface area (Å²) in [6.07, 6.45) is 2.80. The molecule has 0 bridgehead atoms. The highest BCUT2D eigenvalue weighted by Crippen LogP contribution is 2.26. The Bertz CT molecular complexity index is 448. The van der Waals surface area contributed by atoms with E-state index in [9.17, 15) is 9.59 Å². The number of rotatable bonds is 2. The maximum Gasteiger partial charge on any atom is 0.308 e. The summed E-state index contributed by atoms with van der Waals surface area (Å²) in [7, 11) is 0. The third kappa shape index (κ3) is 1.67. The van der Waals surface area contributed by atoms with E-state index in [2.05, 4.69) is 9.97 Å². The second-order valence-corrected chi connectivity index (χ2v) is 3.51. The van der Waals surface area contributed by atoms with Crippen molar-refractivity contribution in [3.63, 3.8) is 0 Å². The van der Waals surface area contributed by atoms with Crippen LogP contribution in [0.1, 0.15) is 6.42 Å². The van der Waals surface area contributed by atoms with Crippen molar-refractivity contribution in [3.8, 4) is 0 Å². The molecule has 0 spiro atoms. The number of aromatic nitrogens is 2. The van der Waals surface area contributed by atoms with E-state index in [4.69, 9.17) is 10.8 Å². The topological polar surface area (TPSA) is 109 Å². The molecule has 3 N–H and O–H groups in total. The van der Waals surface area contributed by atoms with E-state index < -0.39 is 11.9 Å². The van der Waals surface area contributed by atoms with Gasteiger partial charge >= 0.3 is 5.97 Å². The first-order valence-corrected chi connectivity index (χ1v) is 4.69. The first kappa shape index (κ1) is 10.3. The van der Waals surface area contributed by atoms with Gasteiger partial charge < -0.3 is 10.8 Å². The first-order valence-electron chi connectivity index (χ1n) is 4.69. The molecule has 2 heterocycles. The average Bonchev–Trinajstić information content (AvgIpc) is 2.61. The maximum absolute atomic E-state index is 11.6. The molecular weight excluding hydrogens is 212 g/mol. The van der Waals surface area contributed by atoms with Crippen molar-refractivity contribution in [2.24, 2.45) is 5.92 Å². The Kier molecular flexibility index (Phi) is 2.43. The molecule has 16 heavy (non-hydrogen) atoms. The van der Waals surface area contributed by atoms with Crippen molar-refractivity contribution in [1.82, 2.24) is 9.97 Å². The molecule has 2 rings (SSSR count). The fraction of sp³-hybridized carbons (Fsp3) is 0.333. The Labute approximate surface area is 90.9 Å². The number of aliphatic carboxylic acids is 1. The van der Waals surface area contributed by atoms with Gasteiger partial charge in [0.05, 0.1) is 5.92 Å². The lowest BCUT2D eigenvalue weighted by molar-refractivity contribution is -0.141. The average molecular weight is 222 g/mol. The second kappa shape index (κ2) is 3.76. The van der Waals surface area contributed by atoms with Gasteiger partial charge in [0, 0.05) is 25.4 Å². The van der Waals surface area contributed by atoms with Gasteiger partial charge in [-0.3, -0.25) is 14.5 Å². The Morgan fingerprint density at radius 2 is 2.19 bits per heavy atom. The standard InChI is InChI=1S/C9H10N4O3/c10-7-8(12-2-1-11-7)13-4-5(9(15)16)3-6(13)14/h1-2,5H,3-4H2,(H2,10,11)(H,15,16). The third-order valence-electron chi connectivity index (χ3n) is 2.44. The van der Waals surface area contributed by atoms with E-state index >= 15 is 0 Å². The Morgan fingerprint density at radius 3 is 2.75 bits per heavy atom. The quantitative estimate of drug-likeness (QED) is 0.697. The Hall–Kier alpha value is -2.18. The van der Waals surface area contributed by atoms with Crippen molar-refractivity contribution in [3.05, 3.63) is 12.4 Å². The van der Waals surface area contributed by atoms with Crippen molar-refractivity contribution in [1.29, 1.82) is 0 Å². The van der Waals surface area contributed by atoms with Crippen LogP contribution >= 0.6 is 0 Å². The number of carboxylic acids is 1. The number of nitrogens with zero attached hydrogens (tertiary/aromatic N) is 3. The summed E-state index contributed by atoms with van der Waals surface area (Å²) in [5.74, 6) is -1.62. The van der Waals surface area contributed by atoms with E-state index in [1.54, 1.807) is 0 Å². The number of nitrogen functional groups attached to an aromatic ring is 1. The zero-order chi connectivity index (χ0) is 11.7. The molecule has 0 radical (unpaired) electrons. The number of amides is 1. The van der Waals surface area contributed by atoms with Gasteiger partial charge in [-0.15, -0.1) is 0 Å². The number of carbonyl (C=O) groups excluding carboxylic acids is 1. The lowest BCUT2D eigenvalue weighted by atomic mass is 10.1. The van der Waals surface area contributed by atoms with Gasteiger partial charge in [-0.25, -0.2) is 9.97 Å². The highest BCUT2D eigenvalue weighted by Gasteiger charge is 2.36. The van der Waals surface area contributed by atoms with Crippen LogP contribution in [0, 0.1) is 5.92 Å². The van der Waals surface area contributed by atoms with Gasteiger partial charge in [-0.05, 0) is 0 Å². The van der Waals surface area contributed by atoms with E-state index in [1.165, 1.54) is 17.3 Å². The monoisotopic (exact) mass is 222 g/mol. The van der Waals surface area contributed by atoms with Crippen LogP contribution < -0.4 is 10.6 Å². The number of anilines is 2. The minimum absolute atomic E-state index is 0.0225. The molecule has 1 aromatic heterocycles. The van der Waals surface area contributed by atoms with Gasteiger partial charge in [0.15, 0.2) is 11.6 Å².